The Bertz CT molecular complexity index is 576. The average Bonchev–Trinajstić information content (AvgIpc) is 2.84. The van der Waals surface area contributed by atoms with Crippen molar-refractivity contribution in [1.82, 2.24) is 5.32 Å². The molecule has 0 bridgehead atoms. The summed E-state index contributed by atoms with van der Waals surface area (Å²) < 4.78 is 23.5. The highest BCUT2D eigenvalue weighted by Crippen LogP contribution is 2.39. The Morgan fingerprint density at radius 1 is 1.47 bits per heavy atom. The van der Waals surface area contributed by atoms with Gasteiger partial charge in [-0.15, -0.1) is 11.3 Å². The molecule has 6 heteroatoms. The molecule has 0 amide bonds. The maximum absolute atomic E-state index is 11.3. The smallest absolute Gasteiger partial charge is 0.173 e. The van der Waals surface area contributed by atoms with Crippen LogP contribution in [0.2, 0.25) is 4.34 Å². The second-order valence-electron chi connectivity index (χ2n) is 4.45. The molecule has 2 atom stereocenters. The fourth-order valence-electron chi connectivity index (χ4n) is 2.44. The highest BCUT2D eigenvalue weighted by Gasteiger charge is 2.29. The van der Waals surface area contributed by atoms with Crippen LogP contribution < -0.4 is 5.32 Å². The summed E-state index contributed by atoms with van der Waals surface area (Å²) in [5.74, 6) is 0.177. The molecule has 92 valence electrons. The number of hydrogen-bond donors (Lipinski definition) is 1. The summed E-state index contributed by atoms with van der Waals surface area (Å²) in [6.45, 7) is 0. The van der Waals surface area contributed by atoms with E-state index in [4.69, 9.17) is 11.6 Å². The average molecular weight is 290 g/mol. The Morgan fingerprint density at radius 3 is 3.00 bits per heavy atom. The lowest BCUT2D eigenvalue weighted by Crippen LogP contribution is -2.32. The largest absolute Gasteiger partial charge is 0.303 e. The minimum atomic E-state index is -2.98. The normalized spacial score (nSPS) is 29.7. The quantitative estimate of drug-likeness (QED) is 0.909. The highest BCUT2D eigenvalue weighted by atomic mass is 35.5. The van der Waals surface area contributed by atoms with Gasteiger partial charge in [0, 0.05) is 22.4 Å². The van der Waals surface area contributed by atoms with Crippen molar-refractivity contribution in [3.63, 3.8) is 0 Å². The van der Waals surface area contributed by atoms with E-state index in [0.29, 0.717) is 0 Å². The molecular weight excluding hydrogens is 278 g/mol. The summed E-state index contributed by atoms with van der Waals surface area (Å²) >= 11 is 7.61. The Kier molecular flexibility index (Phi) is 2.82. The zero-order valence-electron chi connectivity index (χ0n) is 9.02. The van der Waals surface area contributed by atoms with Gasteiger partial charge >= 0.3 is 0 Å². The van der Waals surface area contributed by atoms with Crippen LogP contribution in [0.15, 0.2) is 17.6 Å². The molecule has 3 nitrogen and oxygen atoms in total. The van der Waals surface area contributed by atoms with Crippen molar-refractivity contribution in [3.8, 4) is 0 Å². The summed E-state index contributed by atoms with van der Waals surface area (Å²) in [6.07, 6.45) is 3.80. The Balaban J connectivity index is 1.74. The van der Waals surface area contributed by atoms with Crippen molar-refractivity contribution in [1.29, 1.82) is 0 Å². The van der Waals surface area contributed by atoms with E-state index in [-0.39, 0.29) is 17.8 Å². The molecule has 2 heterocycles. The second-order valence-corrected chi connectivity index (χ2v) is 8.15. The van der Waals surface area contributed by atoms with E-state index in [2.05, 4.69) is 5.32 Å². The number of nitrogens with one attached hydrogen (secondary N) is 1. The maximum atomic E-state index is 11.3. The number of aryl methyl sites for hydroxylation is 1. The molecule has 3 rings (SSSR count). The van der Waals surface area contributed by atoms with Gasteiger partial charge < -0.3 is 5.32 Å². The summed E-state index contributed by atoms with van der Waals surface area (Å²) in [5.41, 5.74) is 1.25. The van der Waals surface area contributed by atoms with Crippen molar-refractivity contribution < 1.29 is 8.42 Å². The third-order valence-electron chi connectivity index (χ3n) is 3.19. The molecule has 1 aromatic heterocycles. The molecule has 1 N–H and O–H groups in total. The molecule has 1 aliphatic heterocycles. The van der Waals surface area contributed by atoms with Crippen LogP contribution in [-0.2, 0) is 16.3 Å². The zero-order valence-corrected chi connectivity index (χ0v) is 11.4. The first-order valence-corrected chi connectivity index (χ1v) is 8.39. The zero-order chi connectivity index (χ0) is 12.0. The van der Waals surface area contributed by atoms with E-state index in [9.17, 15) is 8.42 Å². The summed E-state index contributed by atoms with van der Waals surface area (Å²) in [6, 6.07) is 2.19. The molecule has 1 aliphatic carbocycles. The molecule has 2 unspecified atom stereocenters. The minimum Gasteiger partial charge on any atom is -0.303 e. The molecule has 0 aromatic carbocycles. The molecule has 0 spiro atoms. The van der Waals surface area contributed by atoms with Crippen LogP contribution in [0.5, 0.6) is 0 Å². The van der Waals surface area contributed by atoms with Gasteiger partial charge in [-0.3, -0.25) is 0 Å². The molecule has 0 saturated heterocycles. The van der Waals surface area contributed by atoms with E-state index < -0.39 is 9.84 Å². The lowest BCUT2D eigenvalue weighted by Gasteiger charge is -2.17. The van der Waals surface area contributed by atoms with Gasteiger partial charge in [-0.2, -0.15) is 0 Å². The molecular formula is C11H12ClNO2S2. The van der Waals surface area contributed by atoms with Crippen molar-refractivity contribution in [2.45, 2.75) is 24.9 Å². The van der Waals surface area contributed by atoms with Crippen LogP contribution in [0.4, 0.5) is 0 Å². The van der Waals surface area contributed by atoms with E-state index >= 15 is 0 Å². The van der Waals surface area contributed by atoms with Gasteiger partial charge in [0.2, 0.25) is 0 Å². The number of halogens is 1. The fourth-order valence-corrected chi connectivity index (χ4v) is 5.05. The Labute approximate surface area is 109 Å². The number of hydrogen-bond acceptors (Lipinski definition) is 4. The molecule has 17 heavy (non-hydrogen) atoms. The van der Waals surface area contributed by atoms with Crippen LogP contribution in [0, 0.1) is 0 Å². The van der Waals surface area contributed by atoms with Gasteiger partial charge in [-0.1, -0.05) is 17.7 Å². The molecule has 0 radical (unpaired) electrons. The fraction of sp³-hybridized carbons (Fsp3) is 0.455. The van der Waals surface area contributed by atoms with Gasteiger partial charge in [0.1, 0.15) is 0 Å². The van der Waals surface area contributed by atoms with E-state index in [1.54, 1.807) is 17.4 Å². The Hall–Kier alpha value is -0.360. The first kappa shape index (κ1) is 11.7. The molecule has 2 aliphatic rings. The standard InChI is InChI=1S/C11H12ClNO2S2/c12-11-5-8-9(1-2-10(8)16-11)13-7-3-4-17(14,15)6-7/h3-5,7,9,13H,1-2,6H2. The first-order valence-electron chi connectivity index (χ1n) is 5.49. The predicted octanol–water partition coefficient (Wildman–Crippen LogP) is 2.29. The van der Waals surface area contributed by atoms with Gasteiger partial charge in [0.05, 0.1) is 10.1 Å². The van der Waals surface area contributed by atoms with Crippen LogP contribution in [-0.4, -0.2) is 20.2 Å². The molecule has 0 fully saturated rings. The van der Waals surface area contributed by atoms with E-state index in [1.807, 2.05) is 6.07 Å². The monoisotopic (exact) mass is 289 g/mol. The minimum absolute atomic E-state index is 0.0605. The van der Waals surface area contributed by atoms with Gasteiger partial charge in [-0.25, -0.2) is 8.42 Å². The predicted molar refractivity (Wildman–Crippen MR) is 70.2 cm³/mol. The Morgan fingerprint density at radius 2 is 2.29 bits per heavy atom. The lowest BCUT2D eigenvalue weighted by molar-refractivity contribution is 0.501. The van der Waals surface area contributed by atoms with Crippen LogP contribution in [0.25, 0.3) is 0 Å². The lowest BCUT2D eigenvalue weighted by atomic mass is 10.1. The van der Waals surface area contributed by atoms with Gasteiger partial charge in [-0.05, 0) is 24.5 Å². The van der Waals surface area contributed by atoms with Crippen molar-refractivity contribution in [3.05, 3.63) is 32.3 Å². The summed E-state index contributed by atoms with van der Waals surface area (Å²) in [5, 5.41) is 4.69. The van der Waals surface area contributed by atoms with Crippen LogP contribution in [0.1, 0.15) is 22.9 Å². The number of fused-ring (bicyclic) bond motifs is 1. The van der Waals surface area contributed by atoms with Crippen molar-refractivity contribution in [2.24, 2.45) is 0 Å². The summed E-state index contributed by atoms with van der Waals surface area (Å²) in [4.78, 5) is 1.33. The maximum Gasteiger partial charge on any atom is 0.173 e. The van der Waals surface area contributed by atoms with E-state index in [1.165, 1.54) is 15.8 Å². The third-order valence-corrected chi connectivity index (χ3v) is 5.93. The van der Waals surface area contributed by atoms with Crippen molar-refractivity contribution in [2.75, 3.05) is 5.75 Å². The van der Waals surface area contributed by atoms with Crippen molar-refractivity contribution >= 4 is 32.8 Å². The van der Waals surface area contributed by atoms with Crippen LogP contribution in [0.3, 0.4) is 0 Å². The molecule has 1 aromatic rings. The number of sulfone groups is 1. The third kappa shape index (κ3) is 2.29. The van der Waals surface area contributed by atoms with Crippen LogP contribution >= 0.6 is 22.9 Å². The topological polar surface area (TPSA) is 46.2 Å². The second kappa shape index (κ2) is 4.09. The van der Waals surface area contributed by atoms with E-state index in [0.717, 1.165) is 17.2 Å². The highest BCUT2D eigenvalue weighted by molar-refractivity contribution is 7.94. The number of thiophene rings is 1. The molecule has 0 saturated carbocycles. The summed E-state index contributed by atoms with van der Waals surface area (Å²) in [7, 11) is -2.98. The SMILES string of the molecule is O=S1(=O)C=CC(NC2CCc3sc(Cl)cc32)C1. The first-order chi connectivity index (χ1) is 8.03. The van der Waals surface area contributed by atoms with Gasteiger partial charge in [0.15, 0.2) is 9.84 Å². The van der Waals surface area contributed by atoms with Gasteiger partial charge in [0.25, 0.3) is 0 Å². The number of rotatable bonds is 2.